The zero-order valence-electron chi connectivity index (χ0n) is 16.9. The average molecular weight is 445 g/mol. The lowest BCUT2D eigenvalue weighted by Gasteiger charge is -2.02. The van der Waals surface area contributed by atoms with Crippen LogP contribution in [0.3, 0.4) is 0 Å². The van der Waals surface area contributed by atoms with Crippen molar-refractivity contribution in [3.63, 3.8) is 0 Å². The molecule has 0 saturated heterocycles. The minimum atomic E-state index is 1.15. The summed E-state index contributed by atoms with van der Waals surface area (Å²) in [7, 11) is 0. The molecule has 3 aromatic carbocycles. The van der Waals surface area contributed by atoms with E-state index in [0.29, 0.717) is 0 Å². The maximum atomic E-state index is 4.29. The zero-order valence-corrected chi connectivity index (χ0v) is 18.6. The molecule has 4 heterocycles. The molecule has 0 saturated carbocycles. The third-order valence-electron chi connectivity index (χ3n) is 6.05. The van der Waals surface area contributed by atoms with Gasteiger partial charge in [0.15, 0.2) is 0 Å². The highest BCUT2D eigenvalue weighted by atomic mass is 32.1. The standard InChI is InChI=1S/C28H16N2S2/c1-3-19(15-29-9-1)17-5-7-25-21(11-17)23-13-28-24(14-27(23)31-25)22-12-18(6-8-26(22)32-28)20-4-2-10-30-16-20/h1-16H. The molecule has 0 bridgehead atoms. The first-order chi connectivity index (χ1) is 15.8. The molecule has 0 aliphatic carbocycles. The van der Waals surface area contributed by atoms with E-state index in [-0.39, 0.29) is 0 Å². The third-order valence-corrected chi connectivity index (χ3v) is 8.32. The quantitative estimate of drug-likeness (QED) is 0.267. The van der Waals surface area contributed by atoms with Crippen LogP contribution in [0.2, 0.25) is 0 Å². The fourth-order valence-electron chi connectivity index (χ4n) is 4.47. The number of thiophene rings is 2. The second-order valence-electron chi connectivity index (χ2n) is 7.95. The number of rotatable bonds is 2. The van der Waals surface area contributed by atoms with E-state index < -0.39 is 0 Å². The SMILES string of the molecule is c1cncc(-c2ccc3sc4cc5c(cc4c3c2)sc2ccc(-c3cccnc3)cc25)c1. The number of hydrogen-bond acceptors (Lipinski definition) is 4. The molecular formula is C28H16N2S2. The van der Waals surface area contributed by atoms with Crippen molar-refractivity contribution in [1.29, 1.82) is 0 Å². The molecule has 0 amide bonds. The van der Waals surface area contributed by atoms with Gasteiger partial charge in [0.1, 0.15) is 0 Å². The lowest BCUT2D eigenvalue weighted by molar-refractivity contribution is 1.33. The van der Waals surface area contributed by atoms with Crippen LogP contribution in [-0.4, -0.2) is 9.97 Å². The average Bonchev–Trinajstić information content (AvgIpc) is 3.40. The first-order valence-corrected chi connectivity index (χ1v) is 12.1. The van der Waals surface area contributed by atoms with Crippen molar-refractivity contribution in [2.24, 2.45) is 0 Å². The van der Waals surface area contributed by atoms with Gasteiger partial charge in [0.05, 0.1) is 0 Å². The van der Waals surface area contributed by atoms with Gasteiger partial charge in [-0.3, -0.25) is 9.97 Å². The third kappa shape index (κ3) is 2.77. The Morgan fingerprint density at radius 3 is 1.34 bits per heavy atom. The van der Waals surface area contributed by atoms with Crippen molar-refractivity contribution in [3.8, 4) is 22.3 Å². The highest BCUT2D eigenvalue weighted by Gasteiger charge is 2.12. The lowest BCUT2D eigenvalue weighted by atomic mass is 10.0. The van der Waals surface area contributed by atoms with Crippen molar-refractivity contribution in [1.82, 2.24) is 9.97 Å². The Bertz CT molecular complexity index is 1630. The van der Waals surface area contributed by atoms with Gasteiger partial charge in [-0.25, -0.2) is 0 Å². The summed E-state index contributed by atoms with van der Waals surface area (Å²) in [5.74, 6) is 0. The molecule has 0 spiro atoms. The van der Waals surface area contributed by atoms with Gasteiger partial charge in [0.2, 0.25) is 0 Å². The van der Waals surface area contributed by atoms with Crippen LogP contribution in [0.25, 0.3) is 62.6 Å². The van der Waals surface area contributed by atoms with Crippen molar-refractivity contribution in [2.45, 2.75) is 0 Å². The van der Waals surface area contributed by atoms with Gasteiger partial charge in [-0.2, -0.15) is 0 Å². The first-order valence-electron chi connectivity index (χ1n) is 10.5. The predicted octanol–water partition coefficient (Wildman–Crippen LogP) is 8.55. The summed E-state index contributed by atoms with van der Waals surface area (Å²) < 4.78 is 5.32. The zero-order chi connectivity index (χ0) is 21.1. The van der Waals surface area contributed by atoms with Gasteiger partial charge in [0.25, 0.3) is 0 Å². The molecule has 4 aromatic heterocycles. The van der Waals surface area contributed by atoms with Crippen molar-refractivity contribution >= 4 is 63.0 Å². The number of nitrogens with zero attached hydrogens (tertiary/aromatic N) is 2. The second-order valence-corrected chi connectivity index (χ2v) is 10.1. The minimum absolute atomic E-state index is 1.15. The fourth-order valence-corrected chi connectivity index (χ4v) is 6.69. The monoisotopic (exact) mass is 444 g/mol. The van der Waals surface area contributed by atoms with E-state index in [0.717, 1.165) is 11.1 Å². The van der Waals surface area contributed by atoms with E-state index >= 15 is 0 Å². The summed E-state index contributed by atoms with van der Waals surface area (Å²) in [5.41, 5.74) is 4.73. The van der Waals surface area contributed by atoms with Crippen LogP contribution in [0.4, 0.5) is 0 Å². The van der Waals surface area contributed by atoms with E-state index in [1.54, 1.807) is 0 Å². The van der Waals surface area contributed by atoms with Gasteiger partial charge < -0.3 is 0 Å². The second kappa shape index (κ2) is 6.95. The highest BCUT2D eigenvalue weighted by molar-refractivity contribution is 7.27. The fraction of sp³-hybridized carbons (Fsp3) is 0. The van der Waals surface area contributed by atoms with Gasteiger partial charge in [-0.15, -0.1) is 22.7 Å². The largest absolute Gasteiger partial charge is 0.264 e. The summed E-state index contributed by atoms with van der Waals surface area (Å²) in [5, 5.41) is 5.31. The molecule has 0 N–H and O–H groups in total. The van der Waals surface area contributed by atoms with E-state index in [2.05, 4.69) is 70.6 Å². The molecule has 0 aliphatic rings. The molecule has 32 heavy (non-hydrogen) atoms. The number of pyridine rings is 2. The number of hydrogen-bond donors (Lipinski definition) is 0. The Morgan fingerprint density at radius 2 is 0.906 bits per heavy atom. The van der Waals surface area contributed by atoms with E-state index in [1.165, 1.54) is 51.5 Å². The molecule has 0 aliphatic heterocycles. The van der Waals surface area contributed by atoms with E-state index in [9.17, 15) is 0 Å². The van der Waals surface area contributed by atoms with Gasteiger partial charge in [0, 0.05) is 76.3 Å². The molecule has 4 heteroatoms. The maximum absolute atomic E-state index is 4.29. The molecule has 7 rings (SSSR count). The lowest BCUT2D eigenvalue weighted by Crippen LogP contribution is -1.79. The van der Waals surface area contributed by atoms with Crippen LogP contribution < -0.4 is 0 Å². The molecule has 0 fully saturated rings. The molecule has 2 nitrogen and oxygen atoms in total. The van der Waals surface area contributed by atoms with Crippen LogP contribution in [0.15, 0.2) is 97.6 Å². The molecule has 0 unspecified atom stereocenters. The Labute approximate surface area is 192 Å². The predicted molar refractivity (Wildman–Crippen MR) is 139 cm³/mol. The first kappa shape index (κ1) is 18.0. The van der Waals surface area contributed by atoms with Gasteiger partial charge in [-0.05, 0) is 59.7 Å². The van der Waals surface area contributed by atoms with Crippen LogP contribution in [0, 0.1) is 0 Å². The molecule has 0 radical (unpaired) electrons. The van der Waals surface area contributed by atoms with Gasteiger partial charge in [-0.1, -0.05) is 24.3 Å². The van der Waals surface area contributed by atoms with Crippen LogP contribution in [0.5, 0.6) is 0 Å². The summed E-state index contributed by atoms with van der Waals surface area (Å²) >= 11 is 3.74. The minimum Gasteiger partial charge on any atom is -0.264 e. The summed E-state index contributed by atoms with van der Waals surface area (Å²) in [6.45, 7) is 0. The van der Waals surface area contributed by atoms with Crippen molar-refractivity contribution < 1.29 is 0 Å². The van der Waals surface area contributed by atoms with Crippen LogP contribution >= 0.6 is 22.7 Å². The Kier molecular flexibility index (Phi) is 3.92. The number of fused-ring (bicyclic) bond motifs is 6. The maximum Gasteiger partial charge on any atom is 0.0362 e. The Balaban J connectivity index is 1.46. The Morgan fingerprint density at radius 1 is 0.438 bits per heavy atom. The van der Waals surface area contributed by atoms with Gasteiger partial charge >= 0.3 is 0 Å². The Hall–Kier alpha value is -3.60. The highest BCUT2D eigenvalue weighted by Crippen LogP contribution is 2.43. The van der Waals surface area contributed by atoms with Crippen LogP contribution in [0.1, 0.15) is 0 Å². The molecule has 7 aromatic rings. The van der Waals surface area contributed by atoms with Crippen molar-refractivity contribution in [2.75, 3.05) is 0 Å². The summed E-state index contributed by atoms with van der Waals surface area (Å²) in [6, 6.07) is 26.5. The number of benzene rings is 3. The smallest absolute Gasteiger partial charge is 0.0362 e. The topological polar surface area (TPSA) is 25.8 Å². The summed E-state index contributed by atoms with van der Waals surface area (Å²) in [4.78, 5) is 8.57. The normalized spacial score (nSPS) is 11.8. The van der Waals surface area contributed by atoms with E-state index in [1.807, 2.05) is 59.6 Å². The molecule has 0 atom stereocenters. The summed E-state index contributed by atoms with van der Waals surface area (Å²) in [6.07, 6.45) is 7.50. The van der Waals surface area contributed by atoms with Crippen LogP contribution in [-0.2, 0) is 0 Å². The van der Waals surface area contributed by atoms with Crippen molar-refractivity contribution in [3.05, 3.63) is 97.6 Å². The molecular weight excluding hydrogens is 428 g/mol. The molecule has 150 valence electrons. The van der Waals surface area contributed by atoms with E-state index in [4.69, 9.17) is 0 Å². The number of aromatic nitrogens is 2.